The van der Waals surface area contributed by atoms with Crippen LogP contribution in [0.2, 0.25) is 0 Å². The fourth-order valence-electron chi connectivity index (χ4n) is 2.48. The number of hydrogen-bond acceptors (Lipinski definition) is 4. The Morgan fingerprint density at radius 3 is 2.26 bits per heavy atom. The van der Waals surface area contributed by atoms with Gasteiger partial charge in [-0.2, -0.15) is 4.31 Å². The van der Waals surface area contributed by atoms with Crippen LogP contribution in [0.15, 0.2) is 33.6 Å². The summed E-state index contributed by atoms with van der Waals surface area (Å²) in [5.74, 6) is -0.149. The third-order valence-corrected chi connectivity index (χ3v) is 6.40. The molecule has 0 aliphatic carbocycles. The van der Waals surface area contributed by atoms with Crippen LogP contribution >= 0.6 is 15.9 Å². The summed E-state index contributed by atoms with van der Waals surface area (Å²) in [7, 11) is -2.21. The summed E-state index contributed by atoms with van der Waals surface area (Å²) in [4.78, 5) is 16.5. The second kappa shape index (κ2) is 7.74. The van der Waals surface area contributed by atoms with Crippen LogP contribution in [0.25, 0.3) is 0 Å². The van der Waals surface area contributed by atoms with Crippen molar-refractivity contribution >= 4 is 31.9 Å². The van der Waals surface area contributed by atoms with E-state index in [4.69, 9.17) is 0 Å². The number of carbonyl (C=O) groups excluding carboxylic acids is 1. The topological polar surface area (TPSA) is 60.9 Å². The van der Waals surface area contributed by atoms with Gasteiger partial charge in [-0.05, 0) is 30.8 Å². The third-order valence-electron chi connectivity index (χ3n) is 4.05. The second-order valence-corrected chi connectivity index (χ2v) is 8.49. The van der Waals surface area contributed by atoms with Gasteiger partial charge < -0.3 is 9.80 Å². The molecule has 0 unspecified atom stereocenters. The number of hydrogen-bond donors (Lipinski definition) is 0. The highest BCUT2D eigenvalue weighted by Gasteiger charge is 2.26. The van der Waals surface area contributed by atoms with Crippen molar-refractivity contribution in [3.63, 3.8) is 0 Å². The van der Waals surface area contributed by atoms with E-state index in [0.717, 1.165) is 28.4 Å². The van der Waals surface area contributed by atoms with Crippen molar-refractivity contribution in [3.8, 4) is 0 Å². The molecule has 0 saturated carbocycles. The van der Waals surface area contributed by atoms with E-state index in [1.807, 2.05) is 0 Å². The van der Waals surface area contributed by atoms with E-state index in [-0.39, 0.29) is 17.3 Å². The van der Waals surface area contributed by atoms with Gasteiger partial charge in [-0.1, -0.05) is 22.9 Å². The van der Waals surface area contributed by atoms with Crippen LogP contribution in [0.1, 0.15) is 6.92 Å². The smallest absolute Gasteiger partial charge is 0.243 e. The first-order chi connectivity index (χ1) is 10.8. The summed E-state index contributed by atoms with van der Waals surface area (Å²) >= 11 is 3.28. The van der Waals surface area contributed by atoms with Crippen molar-refractivity contribution in [1.29, 1.82) is 0 Å². The van der Waals surface area contributed by atoms with Gasteiger partial charge in [-0.3, -0.25) is 4.79 Å². The normalized spacial score (nSPS) is 16.8. The Labute approximate surface area is 146 Å². The van der Waals surface area contributed by atoms with E-state index < -0.39 is 10.0 Å². The molecule has 0 N–H and O–H groups in total. The molecule has 1 aromatic carbocycles. The van der Waals surface area contributed by atoms with Crippen LogP contribution in [-0.4, -0.2) is 74.7 Å². The average Bonchev–Trinajstić information content (AvgIpc) is 2.55. The minimum atomic E-state index is -3.65. The van der Waals surface area contributed by atoms with Crippen molar-refractivity contribution in [3.05, 3.63) is 28.7 Å². The molecule has 1 saturated heterocycles. The van der Waals surface area contributed by atoms with Crippen LogP contribution < -0.4 is 0 Å². The van der Waals surface area contributed by atoms with E-state index in [0.29, 0.717) is 13.1 Å². The summed E-state index contributed by atoms with van der Waals surface area (Å²) in [6, 6.07) is 6.40. The number of likely N-dealkylation sites (N-methyl/N-ethyl adjacent to an activating group) is 2. The highest BCUT2D eigenvalue weighted by atomic mass is 79.9. The van der Waals surface area contributed by atoms with E-state index >= 15 is 0 Å². The molecule has 1 aliphatic rings. The summed E-state index contributed by atoms with van der Waals surface area (Å²) < 4.78 is 26.9. The SMILES string of the molecule is CCN1CCN(C(=O)CN(C)S(=O)(=O)c2ccc(Br)cc2)CC1. The Hall–Kier alpha value is -0.960. The Kier molecular flexibility index (Phi) is 6.19. The number of nitrogens with zero attached hydrogens (tertiary/aromatic N) is 3. The molecule has 0 spiro atoms. The summed E-state index contributed by atoms with van der Waals surface area (Å²) in [5.41, 5.74) is 0. The molecule has 1 aromatic rings. The van der Waals surface area contributed by atoms with E-state index in [1.165, 1.54) is 19.2 Å². The predicted molar refractivity (Wildman–Crippen MR) is 92.7 cm³/mol. The lowest BCUT2D eigenvalue weighted by molar-refractivity contribution is -0.132. The molecule has 1 amide bonds. The van der Waals surface area contributed by atoms with Gasteiger partial charge >= 0.3 is 0 Å². The number of piperazine rings is 1. The van der Waals surface area contributed by atoms with Crippen LogP contribution in [0.3, 0.4) is 0 Å². The lowest BCUT2D eigenvalue weighted by atomic mass is 10.3. The molecule has 0 aromatic heterocycles. The van der Waals surface area contributed by atoms with Crippen molar-refractivity contribution < 1.29 is 13.2 Å². The fourth-order valence-corrected chi connectivity index (χ4v) is 3.86. The van der Waals surface area contributed by atoms with Crippen LogP contribution in [0, 0.1) is 0 Å². The first kappa shape index (κ1) is 18.4. The number of rotatable bonds is 5. The van der Waals surface area contributed by atoms with Crippen molar-refractivity contribution in [2.24, 2.45) is 0 Å². The first-order valence-corrected chi connectivity index (χ1v) is 9.80. The minimum absolute atomic E-state index is 0.134. The summed E-state index contributed by atoms with van der Waals surface area (Å²) in [5, 5.41) is 0. The molecule has 23 heavy (non-hydrogen) atoms. The molecule has 8 heteroatoms. The van der Waals surface area contributed by atoms with Gasteiger partial charge in [-0.25, -0.2) is 8.42 Å². The summed E-state index contributed by atoms with van der Waals surface area (Å²) in [6.45, 7) is 5.91. The number of amides is 1. The van der Waals surface area contributed by atoms with Crippen molar-refractivity contribution in [2.45, 2.75) is 11.8 Å². The van der Waals surface area contributed by atoms with E-state index in [1.54, 1.807) is 17.0 Å². The number of sulfonamides is 1. The molecule has 2 rings (SSSR count). The lowest BCUT2D eigenvalue weighted by Crippen LogP contribution is -2.51. The van der Waals surface area contributed by atoms with E-state index in [2.05, 4.69) is 27.8 Å². The zero-order valence-corrected chi connectivity index (χ0v) is 15.8. The van der Waals surface area contributed by atoms with Gasteiger partial charge in [0, 0.05) is 37.7 Å². The maximum atomic E-state index is 12.5. The van der Waals surface area contributed by atoms with Gasteiger partial charge in [0.15, 0.2) is 0 Å². The Bertz CT molecular complexity index is 640. The lowest BCUT2D eigenvalue weighted by Gasteiger charge is -2.34. The van der Waals surface area contributed by atoms with Gasteiger partial charge in [0.1, 0.15) is 0 Å². The van der Waals surface area contributed by atoms with Gasteiger partial charge in [-0.15, -0.1) is 0 Å². The molecule has 128 valence electrons. The molecule has 6 nitrogen and oxygen atoms in total. The Morgan fingerprint density at radius 1 is 1.17 bits per heavy atom. The third kappa shape index (κ3) is 4.53. The number of carbonyl (C=O) groups is 1. The first-order valence-electron chi connectivity index (χ1n) is 7.56. The molecule has 1 aliphatic heterocycles. The van der Waals surface area contributed by atoms with Gasteiger partial charge in [0.2, 0.25) is 15.9 Å². The fraction of sp³-hybridized carbons (Fsp3) is 0.533. The molecule has 0 radical (unpaired) electrons. The predicted octanol–water partition coefficient (Wildman–Crippen LogP) is 1.23. The number of halogens is 1. The highest BCUT2D eigenvalue weighted by Crippen LogP contribution is 2.18. The Morgan fingerprint density at radius 2 is 1.74 bits per heavy atom. The molecule has 0 atom stereocenters. The van der Waals surface area contributed by atoms with Crippen LogP contribution in [0.5, 0.6) is 0 Å². The Balaban J connectivity index is 1.99. The quantitative estimate of drug-likeness (QED) is 0.741. The molecular weight excluding hydrogens is 382 g/mol. The average molecular weight is 404 g/mol. The second-order valence-electron chi connectivity index (χ2n) is 5.53. The molecule has 1 fully saturated rings. The monoisotopic (exact) mass is 403 g/mol. The van der Waals surface area contributed by atoms with Gasteiger partial charge in [0.25, 0.3) is 0 Å². The van der Waals surface area contributed by atoms with Crippen LogP contribution in [0.4, 0.5) is 0 Å². The van der Waals surface area contributed by atoms with Crippen molar-refractivity contribution in [2.75, 3.05) is 46.3 Å². The van der Waals surface area contributed by atoms with E-state index in [9.17, 15) is 13.2 Å². The van der Waals surface area contributed by atoms with Crippen LogP contribution in [-0.2, 0) is 14.8 Å². The maximum Gasteiger partial charge on any atom is 0.243 e. The standard InChI is InChI=1S/C15H22BrN3O3S/c1-3-18-8-10-19(11-9-18)15(20)12-17(2)23(21,22)14-6-4-13(16)5-7-14/h4-7H,3,8-12H2,1-2H3. The van der Waals surface area contributed by atoms with Gasteiger partial charge in [0.05, 0.1) is 11.4 Å². The molecular formula is C15H22BrN3O3S. The minimum Gasteiger partial charge on any atom is -0.339 e. The van der Waals surface area contributed by atoms with Crippen molar-refractivity contribution in [1.82, 2.24) is 14.1 Å². The molecule has 1 heterocycles. The maximum absolute atomic E-state index is 12.5. The zero-order chi connectivity index (χ0) is 17.0. The highest BCUT2D eigenvalue weighted by molar-refractivity contribution is 9.10. The largest absolute Gasteiger partial charge is 0.339 e. The summed E-state index contributed by atoms with van der Waals surface area (Å²) in [6.07, 6.45) is 0. The zero-order valence-electron chi connectivity index (χ0n) is 13.4. The molecule has 0 bridgehead atoms. The number of benzene rings is 1.